The number of nitrogens with zero attached hydrogens (tertiary/aromatic N) is 2. The van der Waals surface area contributed by atoms with Crippen molar-refractivity contribution in [3.8, 4) is 5.88 Å². The molecule has 0 bridgehead atoms. The van der Waals surface area contributed by atoms with Gasteiger partial charge in [-0.05, 0) is 24.4 Å². The normalized spacial score (nSPS) is 16.4. The minimum Gasteiger partial charge on any atom is -0.494 e. The van der Waals surface area contributed by atoms with Gasteiger partial charge < -0.3 is 10.4 Å². The van der Waals surface area contributed by atoms with Gasteiger partial charge in [-0.1, -0.05) is 0 Å². The Hall–Kier alpha value is -2.35. The number of benzene rings is 1. The van der Waals surface area contributed by atoms with Gasteiger partial charge in [-0.2, -0.15) is 8.42 Å². The first kappa shape index (κ1) is 12.7. The monoisotopic (exact) mass is 293 g/mol. The van der Waals surface area contributed by atoms with Crippen LogP contribution >= 0.6 is 0 Å². The molecule has 1 aromatic carbocycles. The van der Waals surface area contributed by atoms with Gasteiger partial charge in [0, 0.05) is 18.5 Å². The lowest BCUT2D eigenvalue weighted by Crippen LogP contribution is -2.19. The van der Waals surface area contributed by atoms with Gasteiger partial charge in [0.25, 0.3) is 15.6 Å². The Labute approximate surface area is 114 Å². The number of rotatable bonds is 0. The summed E-state index contributed by atoms with van der Waals surface area (Å²) in [5.74, 6) is -0.0262. The second-order valence-electron chi connectivity index (χ2n) is 4.58. The summed E-state index contributed by atoms with van der Waals surface area (Å²) in [6.07, 6.45) is 0. The molecule has 0 saturated heterocycles. The number of anilines is 1. The summed E-state index contributed by atoms with van der Waals surface area (Å²) in [6.45, 7) is 1.53. The minimum atomic E-state index is -3.80. The predicted molar refractivity (Wildman–Crippen MR) is 74.8 cm³/mol. The van der Waals surface area contributed by atoms with Crippen LogP contribution in [0.2, 0.25) is 0 Å². The van der Waals surface area contributed by atoms with E-state index in [2.05, 4.69) is 9.71 Å². The van der Waals surface area contributed by atoms with Crippen molar-refractivity contribution >= 4 is 32.3 Å². The summed E-state index contributed by atoms with van der Waals surface area (Å²) in [4.78, 5) is 11.6. The Morgan fingerprint density at radius 3 is 2.70 bits per heavy atom. The van der Waals surface area contributed by atoms with Crippen LogP contribution in [-0.4, -0.2) is 23.9 Å². The third-order valence-electron chi connectivity index (χ3n) is 3.17. The van der Waals surface area contributed by atoms with Crippen LogP contribution in [0.4, 0.5) is 5.69 Å². The highest BCUT2D eigenvalue weighted by molar-refractivity contribution is 7.90. The maximum Gasteiger partial charge on any atom is 0.286 e. The lowest BCUT2D eigenvalue weighted by atomic mass is 10.1. The molecule has 0 spiro atoms. The molecule has 3 rings (SSSR count). The minimum absolute atomic E-state index is 0.0236. The number of hydrogen-bond acceptors (Lipinski definition) is 5. The third-order valence-corrected chi connectivity index (χ3v) is 4.58. The second-order valence-corrected chi connectivity index (χ2v) is 6.15. The molecule has 8 heteroatoms. The summed E-state index contributed by atoms with van der Waals surface area (Å²) >= 11 is 0. The van der Waals surface area contributed by atoms with Gasteiger partial charge in [0.1, 0.15) is 10.7 Å². The summed E-state index contributed by atoms with van der Waals surface area (Å²) in [7, 11) is -2.39. The van der Waals surface area contributed by atoms with Crippen molar-refractivity contribution in [3.05, 3.63) is 28.6 Å². The summed E-state index contributed by atoms with van der Waals surface area (Å²) in [5, 5.41) is 13.6. The van der Waals surface area contributed by atoms with E-state index in [1.54, 1.807) is 0 Å². The zero-order valence-electron chi connectivity index (χ0n) is 10.7. The molecule has 1 aromatic heterocycles. The van der Waals surface area contributed by atoms with Gasteiger partial charge in [-0.25, -0.2) is 0 Å². The predicted octanol–water partition coefficient (Wildman–Crippen LogP) is 0.777. The summed E-state index contributed by atoms with van der Waals surface area (Å²) in [5.41, 5.74) is -0.0309. The zero-order valence-corrected chi connectivity index (χ0v) is 11.5. The van der Waals surface area contributed by atoms with Gasteiger partial charge >= 0.3 is 0 Å². The molecule has 0 fully saturated rings. The summed E-state index contributed by atoms with van der Waals surface area (Å²) in [6, 6.07) is 4.17. The van der Waals surface area contributed by atoms with E-state index < -0.39 is 10.0 Å². The smallest absolute Gasteiger partial charge is 0.286 e. The molecule has 2 N–H and O–H groups in total. The maximum absolute atomic E-state index is 12.0. The van der Waals surface area contributed by atoms with Crippen LogP contribution in [-0.2, 0) is 17.1 Å². The van der Waals surface area contributed by atoms with Gasteiger partial charge in [-0.3, -0.25) is 9.36 Å². The van der Waals surface area contributed by atoms with Gasteiger partial charge in [0.05, 0.1) is 5.69 Å². The van der Waals surface area contributed by atoms with E-state index in [0.717, 1.165) is 4.57 Å². The SMILES string of the molecule is CC1=NS(=O)(=O)c2cc3c(O)n(C)c(=O)cc3cc2N1. The van der Waals surface area contributed by atoms with Crippen LogP contribution in [0.5, 0.6) is 5.88 Å². The fourth-order valence-electron chi connectivity index (χ4n) is 2.18. The molecule has 2 heterocycles. The number of amidine groups is 1. The molecule has 0 unspecified atom stereocenters. The molecule has 20 heavy (non-hydrogen) atoms. The highest BCUT2D eigenvalue weighted by Gasteiger charge is 2.24. The van der Waals surface area contributed by atoms with Crippen molar-refractivity contribution in [2.45, 2.75) is 11.8 Å². The van der Waals surface area contributed by atoms with E-state index in [4.69, 9.17) is 0 Å². The third kappa shape index (κ3) is 1.68. The Kier molecular flexibility index (Phi) is 2.42. The number of fused-ring (bicyclic) bond motifs is 2. The van der Waals surface area contributed by atoms with Gasteiger partial charge in [0.15, 0.2) is 0 Å². The van der Waals surface area contributed by atoms with E-state index in [0.29, 0.717) is 11.1 Å². The molecule has 1 aliphatic rings. The first-order valence-corrected chi connectivity index (χ1v) is 7.19. The van der Waals surface area contributed by atoms with Crippen molar-refractivity contribution in [3.63, 3.8) is 0 Å². The molecule has 104 valence electrons. The Bertz CT molecular complexity index is 941. The first-order chi connectivity index (χ1) is 9.29. The van der Waals surface area contributed by atoms with Crippen LogP contribution < -0.4 is 10.9 Å². The van der Waals surface area contributed by atoms with Gasteiger partial charge in [-0.15, -0.1) is 4.40 Å². The zero-order chi connectivity index (χ0) is 14.7. The summed E-state index contributed by atoms with van der Waals surface area (Å²) < 4.78 is 28.6. The molecule has 0 saturated carbocycles. The van der Waals surface area contributed by atoms with Gasteiger partial charge in [0.2, 0.25) is 5.88 Å². The molecule has 0 amide bonds. The first-order valence-electron chi connectivity index (χ1n) is 5.75. The van der Waals surface area contributed by atoms with Crippen molar-refractivity contribution in [2.24, 2.45) is 11.4 Å². The molecule has 2 aromatic rings. The van der Waals surface area contributed by atoms with E-state index >= 15 is 0 Å². The molecule has 0 aliphatic carbocycles. The molecular weight excluding hydrogens is 282 g/mol. The molecule has 1 aliphatic heterocycles. The van der Waals surface area contributed by atoms with Crippen LogP contribution in [0.15, 0.2) is 32.3 Å². The fraction of sp³-hybridized carbons (Fsp3) is 0.167. The van der Waals surface area contributed by atoms with E-state index in [-0.39, 0.29) is 27.6 Å². The lowest BCUT2D eigenvalue weighted by molar-refractivity contribution is 0.430. The number of pyridine rings is 1. The number of aromatic hydroxyl groups is 1. The molecule has 0 atom stereocenters. The quantitative estimate of drug-likeness (QED) is 0.747. The number of hydrogen-bond donors (Lipinski definition) is 2. The topological polar surface area (TPSA) is 101 Å². The molecular formula is C12H11N3O4S. The Morgan fingerprint density at radius 1 is 1.30 bits per heavy atom. The van der Waals surface area contributed by atoms with Crippen LogP contribution in [0.3, 0.4) is 0 Å². The highest BCUT2D eigenvalue weighted by Crippen LogP contribution is 2.34. The van der Waals surface area contributed by atoms with Crippen LogP contribution in [0.25, 0.3) is 10.8 Å². The highest BCUT2D eigenvalue weighted by atomic mass is 32.2. The van der Waals surface area contributed by atoms with E-state index in [9.17, 15) is 18.3 Å². The second kappa shape index (κ2) is 3.83. The number of aromatic nitrogens is 1. The van der Waals surface area contributed by atoms with Crippen molar-refractivity contribution in [2.75, 3.05) is 5.32 Å². The Balaban J connectivity index is 2.46. The van der Waals surface area contributed by atoms with Crippen molar-refractivity contribution < 1.29 is 13.5 Å². The molecule has 0 radical (unpaired) electrons. The lowest BCUT2D eigenvalue weighted by Gasteiger charge is -2.17. The average Bonchev–Trinajstić information content (AvgIpc) is 2.33. The van der Waals surface area contributed by atoms with E-state index in [1.165, 1.54) is 32.2 Å². The van der Waals surface area contributed by atoms with Crippen LogP contribution in [0, 0.1) is 0 Å². The largest absolute Gasteiger partial charge is 0.494 e. The Morgan fingerprint density at radius 2 is 2.00 bits per heavy atom. The maximum atomic E-state index is 12.0. The van der Waals surface area contributed by atoms with Crippen molar-refractivity contribution in [1.82, 2.24) is 4.57 Å². The number of sulfonamides is 1. The molecule has 7 nitrogen and oxygen atoms in total. The van der Waals surface area contributed by atoms with E-state index in [1.807, 2.05) is 0 Å². The van der Waals surface area contributed by atoms with Crippen LogP contribution in [0.1, 0.15) is 6.92 Å². The average molecular weight is 293 g/mol. The number of nitrogens with one attached hydrogen (secondary N) is 1. The van der Waals surface area contributed by atoms with Crippen molar-refractivity contribution in [1.29, 1.82) is 0 Å². The fourth-order valence-corrected chi connectivity index (χ4v) is 3.34. The standard InChI is InChI=1S/C12H11N3O4S/c1-6-13-9-3-7-4-11(16)15(2)12(17)8(7)5-10(9)20(18,19)14-6/h3-5,17H,1-2H3,(H,13,14).